The smallest absolute Gasteiger partial charge is 0.205 e. The fourth-order valence-corrected chi connectivity index (χ4v) is 3.32. The van der Waals surface area contributed by atoms with Crippen molar-refractivity contribution in [2.45, 2.75) is 0 Å². The van der Waals surface area contributed by atoms with Crippen molar-refractivity contribution < 1.29 is 9.18 Å². The fraction of sp³-hybridized carbons (Fsp3) is 0. The summed E-state index contributed by atoms with van der Waals surface area (Å²) in [6.07, 6.45) is 1.72. The minimum Gasteiger partial charge on any atom is -0.288 e. The van der Waals surface area contributed by atoms with Crippen LogP contribution in [0, 0.1) is 17.1 Å². The summed E-state index contributed by atoms with van der Waals surface area (Å²) in [4.78, 5) is 13.5. The predicted octanol–water partition coefficient (Wildman–Crippen LogP) is 5.84. The molecule has 5 heteroatoms. The van der Waals surface area contributed by atoms with Gasteiger partial charge in [-0.2, -0.15) is 5.26 Å². The van der Waals surface area contributed by atoms with E-state index >= 15 is 0 Å². The van der Waals surface area contributed by atoms with Gasteiger partial charge in [0, 0.05) is 9.90 Å². The van der Waals surface area contributed by atoms with Crippen molar-refractivity contribution in [1.82, 2.24) is 0 Å². The second-order valence-electron chi connectivity index (χ2n) is 5.19. The number of carbonyl (C=O) groups excluding carboxylic acids is 1. The monoisotopic (exact) mass is 367 g/mol. The van der Waals surface area contributed by atoms with Crippen molar-refractivity contribution in [2.24, 2.45) is 0 Å². The zero-order valence-electron chi connectivity index (χ0n) is 12.9. The first-order valence-corrected chi connectivity index (χ1v) is 8.55. The molecule has 0 N–H and O–H groups in total. The molecule has 122 valence electrons. The Morgan fingerprint density at radius 1 is 1.04 bits per heavy atom. The molecular formula is C20H11ClFNOS. The van der Waals surface area contributed by atoms with E-state index in [-0.39, 0.29) is 5.56 Å². The van der Waals surface area contributed by atoms with Crippen molar-refractivity contribution in [3.63, 3.8) is 0 Å². The molecule has 0 amide bonds. The number of ketones is 1. The average Bonchev–Trinajstić information content (AvgIpc) is 3.11. The van der Waals surface area contributed by atoms with Gasteiger partial charge < -0.3 is 0 Å². The Labute approximate surface area is 153 Å². The zero-order valence-corrected chi connectivity index (χ0v) is 14.4. The van der Waals surface area contributed by atoms with E-state index < -0.39 is 11.6 Å². The lowest BCUT2D eigenvalue weighted by molar-refractivity contribution is 0.103. The van der Waals surface area contributed by atoms with Gasteiger partial charge in [0.1, 0.15) is 11.9 Å². The fourth-order valence-electron chi connectivity index (χ4n) is 2.27. The van der Waals surface area contributed by atoms with E-state index in [0.717, 1.165) is 5.56 Å². The Balaban J connectivity index is 1.92. The highest BCUT2D eigenvalue weighted by molar-refractivity contribution is 7.15. The summed E-state index contributed by atoms with van der Waals surface area (Å²) in [6, 6.07) is 18.4. The molecule has 1 aromatic heterocycles. The molecule has 0 atom stereocenters. The molecule has 3 rings (SSSR count). The molecule has 0 aliphatic heterocycles. The van der Waals surface area contributed by atoms with Crippen LogP contribution in [0.15, 0.2) is 60.7 Å². The summed E-state index contributed by atoms with van der Waals surface area (Å²) in [5.74, 6) is -0.946. The van der Waals surface area contributed by atoms with Gasteiger partial charge in [-0.05, 0) is 48.0 Å². The van der Waals surface area contributed by atoms with Crippen LogP contribution < -0.4 is 0 Å². The lowest BCUT2D eigenvalue weighted by atomic mass is 10.1. The molecule has 2 nitrogen and oxygen atoms in total. The maximum absolute atomic E-state index is 13.8. The number of halogens is 2. The third-order valence-electron chi connectivity index (χ3n) is 3.52. The van der Waals surface area contributed by atoms with E-state index in [1.54, 1.807) is 48.5 Å². The summed E-state index contributed by atoms with van der Waals surface area (Å²) >= 11 is 7.02. The second kappa shape index (κ2) is 7.43. The maximum atomic E-state index is 13.8. The minimum atomic E-state index is -0.556. The molecule has 0 saturated carbocycles. The molecule has 0 aliphatic rings. The third kappa shape index (κ3) is 3.85. The van der Waals surface area contributed by atoms with E-state index in [1.165, 1.54) is 29.5 Å². The van der Waals surface area contributed by atoms with Crippen LogP contribution >= 0.6 is 22.9 Å². The Morgan fingerprint density at radius 3 is 2.40 bits per heavy atom. The Morgan fingerprint density at radius 2 is 1.72 bits per heavy atom. The van der Waals surface area contributed by atoms with E-state index in [4.69, 9.17) is 11.6 Å². The van der Waals surface area contributed by atoms with Crippen molar-refractivity contribution in [1.29, 1.82) is 5.26 Å². The Kier molecular flexibility index (Phi) is 5.08. The molecule has 1 heterocycles. The summed E-state index contributed by atoms with van der Waals surface area (Å²) in [6.45, 7) is 0. The molecule has 3 aromatic rings. The standard InChI is InChI=1S/C20H11ClFNOS/c21-15-7-5-13(6-8-15)11-14(12-23)18-9-10-19(25-18)20(24)16-3-1-2-4-17(16)22/h1-11H/b14-11+. The first kappa shape index (κ1) is 17.1. The third-order valence-corrected chi connectivity index (χ3v) is 4.88. The van der Waals surface area contributed by atoms with Gasteiger partial charge >= 0.3 is 0 Å². The normalized spacial score (nSPS) is 11.2. The maximum Gasteiger partial charge on any atom is 0.205 e. The Bertz CT molecular complexity index is 999. The zero-order chi connectivity index (χ0) is 17.8. The van der Waals surface area contributed by atoms with Gasteiger partial charge in [0.25, 0.3) is 0 Å². The van der Waals surface area contributed by atoms with Crippen molar-refractivity contribution in [2.75, 3.05) is 0 Å². The van der Waals surface area contributed by atoms with E-state index in [9.17, 15) is 14.4 Å². The van der Waals surface area contributed by atoms with Crippen molar-refractivity contribution in [3.05, 3.63) is 92.4 Å². The second-order valence-corrected chi connectivity index (χ2v) is 6.71. The molecule has 0 saturated heterocycles. The molecule has 2 aromatic carbocycles. The van der Waals surface area contributed by atoms with E-state index in [0.29, 0.717) is 20.4 Å². The van der Waals surface area contributed by atoms with Gasteiger partial charge in [-0.3, -0.25) is 4.79 Å². The number of nitriles is 1. The molecule has 25 heavy (non-hydrogen) atoms. The number of carbonyl (C=O) groups is 1. The molecule has 0 unspecified atom stereocenters. The number of benzene rings is 2. The van der Waals surface area contributed by atoms with Crippen LogP contribution in [0.5, 0.6) is 0 Å². The lowest BCUT2D eigenvalue weighted by Gasteiger charge is -1.99. The molecule has 0 aliphatic carbocycles. The summed E-state index contributed by atoms with van der Waals surface area (Å²) in [5, 5.41) is 10.0. The summed E-state index contributed by atoms with van der Waals surface area (Å²) in [5.41, 5.74) is 1.28. The predicted molar refractivity (Wildman–Crippen MR) is 99.1 cm³/mol. The summed E-state index contributed by atoms with van der Waals surface area (Å²) in [7, 11) is 0. The van der Waals surface area contributed by atoms with Gasteiger partial charge in [0.05, 0.1) is 16.0 Å². The van der Waals surface area contributed by atoms with Crippen LogP contribution in [-0.2, 0) is 0 Å². The number of rotatable bonds is 4. The summed E-state index contributed by atoms with van der Waals surface area (Å²) < 4.78 is 13.8. The van der Waals surface area contributed by atoms with Crippen molar-refractivity contribution >= 4 is 40.4 Å². The molecule has 0 bridgehead atoms. The number of allylic oxidation sites excluding steroid dienone is 1. The first-order chi connectivity index (χ1) is 12.1. The molecule has 0 fully saturated rings. The van der Waals surface area contributed by atoms with E-state index in [1.807, 2.05) is 0 Å². The van der Waals surface area contributed by atoms with Crippen molar-refractivity contribution in [3.8, 4) is 6.07 Å². The minimum absolute atomic E-state index is 0.0242. The molecular weight excluding hydrogens is 357 g/mol. The number of nitrogens with zero attached hydrogens (tertiary/aromatic N) is 1. The highest BCUT2D eigenvalue weighted by Crippen LogP contribution is 2.28. The first-order valence-electron chi connectivity index (χ1n) is 7.35. The van der Waals surface area contributed by atoms with Gasteiger partial charge in [0.2, 0.25) is 5.78 Å². The number of thiophene rings is 1. The number of hydrogen-bond acceptors (Lipinski definition) is 3. The van der Waals surface area contributed by atoms with Gasteiger partial charge in [0.15, 0.2) is 0 Å². The van der Waals surface area contributed by atoms with Crippen LogP contribution in [0.2, 0.25) is 5.02 Å². The Hall–Kier alpha value is -2.74. The average molecular weight is 368 g/mol. The number of hydrogen-bond donors (Lipinski definition) is 0. The lowest BCUT2D eigenvalue weighted by Crippen LogP contribution is -2.01. The van der Waals surface area contributed by atoms with Crippen LogP contribution in [0.1, 0.15) is 25.7 Å². The van der Waals surface area contributed by atoms with Crippen LogP contribution in [0.25, 0.3) is 11.6 Å². The SMILES string of the molecule is N#C/C(=C\c1ccc(Cl)cc1)c1ccc(C(=O)c2ccccc2F)s1. The highest BCUT2D eigenvalue weighted by atomic mass is 35.5. The largest absolute Gasteiger partial charge is 0.288 e. The molecule has 0 radical (unpaired) electrons. The quantitative estimate of drug-likeness (QED) is 0.429. The van der Waals surface area contributed by atoms with Gasteiger partial charge in [-0.1, -0.05) is 35.9 Å². The molecule has 0 spiro atoms. The topological polar surface area (TPSA) is 40.9 Å². The van der Waals surface area contributed by atoms with Crippen LogP contribution in [0.4, 0.5) is 4.39 Å². The van der Waals surface area contributed by atoms with Gasteiger partial charge in [-0.15, -0.1) is 11.3 Å². The highest BCUT2D eigenvalue weighted by Gasteiger charge is 2.16. The van der Waals surface area contributed by atoms with E-state index in [2.05, 4.69) is 6.07 Å². The van der Waals surface area contributed by atoms with Crippen LogP contribution in [-0.4, -0.2) is 5.78 Å². The van der Waals surface area contributed by atoms with Crippen LogP contribution in [0.3, 0.4) is 0 Å². The van der Waals surface area contributed by atoms with Gasteiger partial charge in [-0.25, -0.2) is 4.39 Å².